The van der Waals surface area contributed by atoms with Gasteiger partial charge in [-0.15, -0.1) is 10.2 Å². The van der Waals surface area contributed by atoms with E-state index in [2.05, 4.69) is 25.5 Å². The van der Waals surface area contributed by atoms with Gasteiger partial charge in [0, 0.05) is 31.0 Å². The molecule has 4 aromatic rings. The number of rotatable bonds is 4. The number of nitrogens with two attached hydrogens (primary N) is 1. The van der Waals surface area contributed by atoms with Crippen molar-refractivity contribution in [2.24, 2.45) is 0 Å². The Bertz CT molecular complexity index is 1320. The van der Waals surface area contributed by atoms with Crippen molar-refractivity contribution in [3.05, 3.63) is 48.3 Å². The number of fused-ring (bicyclic) bond motifs is 1. The molecule has 10 heteroatoms. The maximum Gasteiger partial charge on any atom is 0.225 e. The monoisotopic (exact) mass is 471 g/mol. The molecule has 10 nitrogen and oxygen atoms in total. The van der Waals surface area contributed by atoms with Crippen LogP contribution in [-0.4, -0.2) is 61.2 Å². The highest BCUT2D eigenvalue weighted by atomic mass is 16.3. The second-order valence-electron chi connectivity index (χ2n) is 9.37. The van der Waals surface area contributed by atoms with Crippen LogP contribution in [0.3, 0.4) is 0 Å². The summed E-state index contributed by atoms with van der Waals surface area (Å²) in [6.07, 6.45) is 8.08. The molecule has 0 atom stereocenters. The molecular formula is C25H29N9O. The smallest absolute Gasteiger partial charge is 0.225 e. The standard InChI is InChI=1S/C25H29N9O/c26-24-23-21(13-20(30-31-23)19-3-1-2-4-22(19)35)34(32-24)18-7-11-33(12-8-18)25-28-14-17(15-29-25)16-5-9-27-10-6-16/h1-4,13-16,18,27,35H,5-12H2,(H2,26,32). The Morgan fingerprint density at radius 1 is 0.971 bits per heavy atom. The van der Waals surface area contributed by atoms with Gasteiger partial charge in [-0.1, -0.05) is 12.1 Å². The first-order valence-electron chi connectivity index (χ1n) is 12.2. The van der Waals surface area contributed by atoms with E-state index in [1.807, 2.05) is 35.3 Å². The number of nitrogens with zero attached hydrogens (tertiary/aromatic N) is 7. The number of benzene rings is 1. The predicted molar refractivity (Wildman–Crippen MR) is 134 cm³/mol. The van der Waals surface area contributed by atoms with E-state index in [0.717, 1.165) is 63.3 Å². The molecule has 1 aromatic carbocycles. The van der Waals surface area contributed by atoms with Gasteiger partial charge in [-0.3, -0.25) is 4.68 Å². The van der Waals surface area contributed by atoms with Gasteiger partial charge in [-0.05, 0) is 68.5 Å². The van der Waals surface area contributed by atoms with E-state index in [1.54, 1.807) is 12.1 Å². The molecule has 3 aromatic heterocycles. The molecule has 2 aliphatic heterocycles. The van der Waals surface area contributed by atoms with Gasteiger partial charge < -0.3 is 21.1 Å². The Kier molecular flexibility index (Phi) is 5.65. The van der Waals surface area contributed by atoms with Crippen LogP contribution >= 0.6 is 0 Å². The average Bonchev–Trinajstić information content (AvgIpc) is 3.25. The van der Waals surface area contributed by atoms with Crippen LogP contribution in [0.5, 0.6) is 5.75 Å². The number of phenolic OH excluding ortho intramolecular Hbond substituents is 1. The van der Waals surface area contributed by atoms with E-state index in [9.17, 15) is 5.11 Å². The molecule has 2 aliphatic rings. The van der Waals surface area contributed by atoms with Gasteiger partial charge in [0.05, 0.1) is 17.3 Å². The molecule has 0 saturated carbocycles. The number of nitrogen functional groups attached to an aromatic ring is 1. The molecule has 0 amide bonds. The molecule has 2 fully saturated rings. The maximum absolute atomic E-state index is 10.3. The molecule has 0 radical (unpaired) electrons. The van der Waals surface area contributed by atoms with Crippen LogP contribution in [0, 0.1) is 0 Å². The first kappa shape index (κ1) is 21.7. The van der Waals surface area contributed by atoms with Gasteiger partial charge in [0.1, 0.15) is 5.75 Å². The quantitative estimate of drug-likeness (QED) is 0.411. The lowest BCUT2D eigenvalue weighted by Crippen LogP contribution is -2.36. The van der Waals surface area contributed by atoms with Gasteiger partial charge in [-0.2, -0.15) is 5.10 Å². The summed E-state index contributed by atoms with van der Waals surface area (Å²) >= 11 is 0. The summed E-state index contributed by atoms with van der Waals surface area (Å²) in [5, 5.41) is 26.9. The van der Waals surface area contributed by atoms with Crippen LogP contribution in [0.4, 0.5) is 11.8 Å². The number of hydrogen-bond acceptors (Lipinski definition) is 9. The maximum atomic E-state index is 10.3. The van der Waals surface area contributed by atoms with Gasteiger partial charge in [0.25, 0.3) is 0 Å². The van der Waals surface area contributed by atoms with Crippen molar-refractivity contribution in [1.29, 1.82) is 0 Å². The number of phenols is 1. The minimum absolute atomic E-state index is 0.166. The third-order valence-corrected chi connectivity index (χ3v) is 7.22. The number of aromatic hydroxyl groups is 1. The number of nitrogens with one attached hydrogen (secondary N) is 1. The zero-order valence-corrected chi connectivity index (χ0v) is 19.5. The van der Waals surface area contributed by atoms with Crippen LogP contribution in [0.25, 0.3) is 22.3 Å². The van der Waals surface area contributed by atoms with Crippen molar-refractivity contribution in [3.8, 4) is 17.0 Å². The van der Waals surface area contributed by atoms with E-state index in [-0.39, 0.29) is 11.8 Å². The van der Waals surface area contributed by atoms with Gasteiger partial charge in [-0.25, -0.2) is 9.97 Å². The van der Waals surface area contributed by atoms with Crippen molar-refractivity contribution >= 4 is 22.8 Å². The number of aromatic nitrogens is 6. The highest BCUT2D eigenvalue weighted by Crippen LogP contribution is 2.33. The van der Waals surface area contributed by atoms with Crippen LogP contribution in [-0.2, 0) is 0 Å². The zero-order chi connectivity index (χ0) is 23.8. The van der Waals surface area contributed by atoms with E-state index >= 15 is 0 Å². The third kappa shape index (κ3) is 4.14. The average molecular weight is 472 g/mol. The minimum Gasteiger partial charge on any atom is -0.507 e. The lowest BCUT2D eigenvalue weighted by atomic mass is 9.92. The first-order chi connectivity index (χ1) is 17.2. The van der Waals surface area contributed by atoms with Crippen molar-refractivity contribution < 1.29 is 5.11 Å². The molecule has 35 heavy (non-hydrogen) atoms. The molecule has 6 rings (SSSR count). The number of para-hydroxylation sites is 1. The molecule has 180 valence electrons. The Labute approximate surface area is 203 Å². The van der Waals surface area contributed by atoms with E-state index in [0.29, 0.717) is 28.5 Å². The third-order valence-electron chi connectivity index (χ3n) is 7.22. The minimum atomic E-state index is 0.166. The fourth-order valence-electron chi connectivity index (χ4n) is 5.23. The first-order valence-corrected chi connectivity index (χ1v) is 12.2. The second-order valence-corrected chi connectivity index (χ2v) is 9.37. The fourth-order valence-corrected chi connectivity index (χ4v) is 5.23. The Hall–Kier alpha value is -3.79. The van der Waals surface area contributed by atoms with Crippen molar-refractivity contribution in [1.82, 2.24) is 35.3 Å². The molecular weight excluding hydrogens is 442 g/mol. The largest absolute Gasteiger partial charge is 0.507 e. The summed E-state index contributed by atoms with van der Waals surface area (Å²) in [5.41, 5.74) is 10.1. The highest BCUT2D eigenvalue weighted by Gasteiger charge is 2.26. The SMILES string of the molecule is Nc1nn(C2CCN(c3ncc(C4CCNCC4)cn3)CC2)c2cc(-c3ccccc3O)nnc12. The predicted octanol–water partition coefficient (Wildman–Crippen LogP) is 2.88. The molecule has 0 aliphatic carbocycles. The summed E-state index contributed by atoms with van der Waals surface area (Å²) in [6, 6.07) is 9.21. The van der Waals surface area contributed by atoms with E-state index in [1.165, 1.54) is 5.56 Å². The summed E-state index contributed by atoms with van der Waals surface area (Å²) in [4.78, 5) is 11.6. The summed E-state index contributed by atoms with van der Waals surface area (Å²) in [6.45, 7) is 3.80. The van der Waals surface area contributed by atoms with Crippen LogP contribution in [0.2, 0.25) is 0 Å². The van der Waals surface area contributed by atoms with E-state index in [4.69, 9.17) is 15.7 Å². The highest BCUT2D eigenvalue weighted by molar-refractivity contribution is 5.87. The number of hydrogen-bond donors (Lipinski definition) is 3. The van der Waals surface area contributed by atoms with Crippen molar-refractivity contribution in [2.45, 2.75) is 37.6 Å². The Morgan fingerprint density at radius 3 is 2.46 bits per heavy atom. The van der Waals surface area contributed by atoms with Gasteiger partial charge in [0.2, 0.25) is 5.95 Å². The Balaban J connectivity index is 1.19. The van der Waals surface area contributed by atoms with Crippen molar-refractivity contribution in [3.63, 3.8) is 0 Å². The second kappa shape index (κ2) is 9.10. The van der Waals surface area contributed by atoms with Crippen molar-refractivity contribution in [2.75, 3.05) is 36.8 Å². The molecule has 4 N–H and O–H groups in total. The lowest BCUT2D eigenvalue weighted by Gasteiger charge is -2.32. The molecule has 5 heterocycles. The summed E-state index contributed by atoms with van der Waals surface area (Å²) in [7, 11) is 0. The zero-order valence-electron chi connectivity index (χ0n) is 19.5. The lowest BCUT2D eigenvalue weighted by molar-refractivity contribution is 0.374. The molecule has 0 unspecified atom stereocenters. The molecule has 0 spiro atoms. The van der Waals surface area contributed by atoms with Crippen LogP contribution in [0.1, 0.15) is 43.2 Å². The molecule has 2 saturated heterocycles. The number of piperidine rings is 2. The fraction of sp³-hybridized carbons (Fsp3) is 0.400. The normalized spacial score (nSPS) is 17.8. The van der Waals surface area contributed by atoms with Crippen LogP contribution in [0.15, 0.2) is 42.7 Å². The number of anilines is 2. The summed E-state index contributed by atoms with van der Waals surface area (Å²) in [5.74, 6) is 1.88. The molecule has 0 bridgehead atoms. The Morgan fingerprint density at radius 2 is 1.71 bits per heavy atom. The van der Waals surface area contributed by atoms with E-state index < -0.39 is 0 Å². The van der Waals surface area contributed by atoms with Crippen LogP contribution < -0.4 is 16.0 Å². The van der Waals surface area contributed by atoms with Gasteiger partial charge in [0.15, 0.2) is 11.3 Å². The summed E-state index contributed by atoms with van der Waals surface area (Å²) < 4.78 is 1.97. The topological polar surface area (TPSA) is 131 Å². The van der Waals surface area contributed by atoms with Gasteiger partial charge >= 0.3 is 0 Å².